The van der Waals surface area contributed by atoms with Crippen LogP contribution in [0.15, 0.2) is 28.9 Å². The van der Waals surface area contributed by atoms with E-state index in [0.717, 1.165) is 18.8 Å². The predicted octanol–water partition coefficient (Wildman–Crippen LogP) is 0.652. The van der Waals surface area contributed by atoms with Crippen molar-refractivity contribution in [3.8, 4) is 0 Å². The van der Waals surface area contributed by atoms with Gasteiger partial charge in [-0.3, -0.25) is 9.59 Å². The molecule has 28 heavy (non-hydrogen) atoms. The number of hydrogen-bond donors (Lipinski definition) is 2. The number of morpholine rings is 1. The van der Waals surface area contributed by atoms with Crippen molar-refractivity contribution in [2.24, 2.45) is 11.8 Å². The summed E-state index contributed by atoms with van der Waals surface area (Å²) in [6.45, 7) is 2.70. The lowest BCUT2D eigenvalue weighted by Crippen LogP contribution is -2.39. The number of fused-ring (bicyclic) bond motifs is 3. The van der Waals surface area contributed by atoms with Crippen molar-refractivity contribution < 1.29 is 28.8 Å². The van der Waals surface area contributed by atoms with E-state index in [9.17, 15) is 14.7 Å². The van der Waals surface area contributed by atoms with Crippen LogP contribution in [0.1, 0.15) is 0 Å². The first-order chi connectivity index (χ1) is 13.6. The van der Waals surface area contributed by atoms with Crippen LogP contribution in [0.25, 0.3) is 11.0 Å². The summed E-state index contributed by atoms with van der Waals surface area (Å²) in [6.07, 6.45) is 2.33. The number of carboxylic acid groups (broad SMARTS) is 1. The molecule has 2 bridgehead atoms. The zero-order valence-corrected chi connectivity index (χ0v) is 14.8. The van der Waals surface area contributed by atoms with Gasteiger partial charge in [0.15, 0.2) is 11.0 Å². The van der Waals surface area contributed by atoms with Gasteiger partial charge in [0.1, 0.15) is 5.92 Å². The van der Waals surface area contributed by atoms with Crippen molar-refractivity contribution in [1.29, 1.82) is 0 Å². The van der Waals surface area contributed by atoms with Gasteiger partial charge in [-0.1, -0.05) is 12.2 Å². The molecule has 4 heterocycles. The van der Waals surface area contributed by atoms with Crippen LogP contribution in [0.3, 0.4) is 0 Å². The predicted molar refractivity (Wildman–Crippen MR) is 95.9 cm³/mol. The van der Waals surface area contributed by atoms with Crippen molar-refractivity contribution in [2.75, 3.05) is 36.5 Å². The summed E-state index contributed by atoms with van der Waals surface area (Å²) in [5.41, 5.74) is 2.24. The number of ether oxygens (including phenoxy) is 2. The highest BCUT2D eigenvalue weighted by atomic mass is 16.6. The molecule has 1 aromatic heterocycles. The molecule has 2 saturated heterocycles. The molecule has 10 nitrogen and oxygen atoms in total. The third-order valence-corrected chi connectivity index (χ3v) is 5.49. The number of aliphatic carboxylic acids is 1. The molecule has 0 spiro atoms. The first-order valence-electron chi connectivity index (χ1n) is 9.09. The molecule has 146 valence electrons. The van der Waals surface area contributed by atoms with Crippen LogP contribution in [0.4, 0.5) is 11.4 Å². The van der Waals surface area contributed by atoms with Crippen molar-refractivity contribution in [3.63, 3.8) is 0 Å². The topological polar surface area (TPSA) is 127 Å². The molecule has 1 aromatic carbocycles. The van der Waals surface area contributed by atoms with E-state index in [2.05, 4.69) is 20.5 Å². The molecule has 0 aliphatic carbocycles. The van der Waals surface area contributed by atoms with E-state index >= 15 is 0 Å². The second-order valence-electron chi connectivity index (χ2n) is 7.02. The standard InChI is InChI=1S/C18H18N4O6/c23-17(13-11-3-4-12(27-11)14(13)18(24)25)19-9-1-2-10(16-15(9)20-28-21-16)22-5-7-26-8-6-22/h1-4,11-14H,5-8H2,(H,19,23)(H,24,25)/t11-,12-,13+,14-/m1/s1. The number of aromatic nitrogens is 2. The quantitative estimate of drug-likeness (QED) is 0.728. The van der Waals surface area contributed by atoms with E-state index in [1.165, 1.54) is 0 Å². The summed E-state index contributed by atoms with van der Waals surface area (Å²) in [5, 5.41) is 20.2. The molecule has 0 saturated carbocycles. The van der Waals surface area contributed by atoms with E-state index in [1.54, 1.807) is 18.2 Å². The number of carboxylic acids is 1. The minimum Gasteiger partial charge on any atom is -0.481 e. The monoisotopic (exact) mass is 386 g/mol. The Morgan fingerprint density at radius 3 is 2.54 bits per heavy atom. The third kappa shape index (κ3) is 2.64. The van der Waals surface area contributed by atoms with Gasteiger partial charge in [0.25, 0.3) is 0 Å². The fourth-order valence-electron chi connectivity index (χ4n) is 4.14. The molecule has 2 N–H and O–H groups in total. The number of carbonyl (C=O) groups excluding carboxylic acids is 1. The van der Waals surface area contributed by atoms with Gasteiger partial charge in [-0.05, 0) is 22.4 Å². The Bertz CT molecular complexity index is 966. The second-order valence-corrected chi connectivity index (χ2v) is 7.02. The number of hydrogen-bond acceptors (Lipinski definition) is 8. The molecular weight excluding hydrogens is 368 g/mol. The highest BCUT2D eigenvalue weighted by Crippen LogP contribution is 2.40. The molecule has 0 unspecified atom stereocenters. The maximum atomic E-state index is 12.9. The summed E-state index contributed by atoms with van der Waals surface area (Å²) in [4.78, 5) is 26.6. The zero-order valence-electron chi connectivity index (χ0n) is 14.8. The van der Waals surface area contributed by atoms with Gasteiger partial charge in [-0.2, -0.15) is 0 Å². The average molecular weight is 386 g/mol. The number of carbonyl (C=O) groups is 2. The van der Waals surface area contributed by atoms with Crippen LogP contribution < -0.4 is 10.2 Å². The molecule has 2 aromatic rings. The van der Waals surface area contributed by atoms with Gasteiger partial charge in [-0.15, -0.1) is 0 Å². The Morgan fingerprint density at radius 1 is 1.07 bits per heavy atom. The SMILES string of the molecule is O=C(Nc1ccc(N2CCOCC2)c2nonc12)[C@@H]1[C@H](C(=O)O)[C@H]2C=C[C@H]1O2. The Kier molecular flexibility index (Phi) is 4.02. The average Bonchev–Trinajstić information content (AvgIpc) is 3.44. The van der Waals surface area contributed by atoms with Crippen LogP contribution in [-0.4, -0.2) is 65.8 Å². The Morgan fingerprint density at radius 2 is 1.79 bits per heavy atom. The number of nitrogens with zero attached hydrogens (tertiary/aromatic N) is 3. The fourth-order valence-corrected chi connectivity index (χ4v) is 4.14. The van der Waals surface area contributed by atoms with Crippen molar-refractivity contribution >= 4 is 34.3 Å². The van der Waals surface area contributed by atoms with E-state index in [-0.39, 0.29) is 0 Å². The highest BCUT2D eigenvalue weighted by Gasteiger charge is 2.53. The fraction of sp³-hybridized carbons (Fsp3) is 0.444. The van der Waals surface area contributed by atoms with E-state index in [1.807, 2.05) is 6.07 Å². The lowest BCUT2D eigenvalue weighted by molar-refractivity contribution is -0.145. The van der Waals surface area contributed by atoms with Crippen LogP contribution in [0.5, 0.6) is 0 Å². The van der Waals surface area contributed by atoms with Gasteiger partial charge in [0, 0.05) is 13.1 Å². The molecule has 10 heteroatoms. The Hall–Kier alpha value is -2.98. The Labute approximate surface area is 159 Å². The van der Waals surface area contributed by atoms with Gasteiger partial charge in [-0.25, -0.2) is 4.63 Å². The second kappa shape index (κ2) is 6.57. The number of nitrogens with one attached hydrogen (secondary N) is 1. The smallest absolute Gasteiger partial charge is 0.310 e. The lowest BCUT2D eigenvalue weighted by atomic mass is 9.82. The molecule has 5 rings (SSSR count). The van der Waals surface area contributed by atoms with Gasteiger partial charge < -0.3 is 24.8 Å². The summed E-state index contributed by atoms with van der Waals surface area (Å²) in [6, 6.07) is 3.58. The number of benzene rings is 1. The maximum Gasteiger partial charge on any atom is 0.310 e. The number of anilines is 2. The van der Waals surface area contributed by atoms with E-state index in [0.29, 0.717) is 29.9 Å². The van der Waals surface area contributed by atoms with E-state index in [4.69, 9.17) is 14.1 Å². The molecule has 3 aliphatic rings. The van der Waals surface area contributed by atoms with Gasteiger partial charge >= 0.3 is 5.97 Å². The molecule has 3 aliphatic heterocycles. The van der Waals surface area contributed by atoms with Gasteiger partial charge in [0.05, 0.1) is 42.7 Å². The van der Waals surface area contributed by atoms with Gasteiger partial charge in [0.2, 0.25) is 5.91 Å². The third-order valence-electron chi connectivity index (χ3n) is 5.49. The van der Waals surface area contributed by atoms with Crippen LogP contribution in [0, 0.1) is 11.8 Å². The molecule has 1 amide bonds. The minimum absolute atomic E-state index is 0.420. The summed E-state index contributed by atoms with van der Waals surface area (Å²) in [5.74, 6) is -3.18. The van der Waals surface area contributed by atoms with Crippen LogP contribution >= 0.6 is 0 Å². The van der Waals surface area contributed by atoms with Crippen molar-refractivity contribution in [3.05, 3.63) is 24.3 Å². The minimum atomic E-state index is -1.05. The summed E-state index contributed by atoms with van der Waals surface area (Å²) in [7, 11) is 0. The normalized spacial score (nSPS) is 28.8. The van der Waals surface area contributed by atoms with Crippen molar-refractivity contribution in [1.82, 2.24) is 10.3 Å². The van der Waals surface area contributed by atoms with Crippen LogP contribution in [-0.2, 0) is 19.1 Å². The molecule has 4 atom stereocenters. The zero-order chi connectivity index (χ0) is 19.3. The highest BCUT2D eigenvalue weighted by molar-refractivity contribution is 6.04. The summed E-state index contributed by atoms with van der Waals surface area (Å²) < 4.78 is 15.9. The van der Waals surface area contributed by atoms with E-state index < -0.39 is 35.9 Å². The lowest BCUT2D eigenvalue weighted by Gasteiger charge is -2.29. The molecule has 2 fully saturated rings. The van der Waals surface area contributed by atoms with Crippen molar-refractivity contribution in [2.45, 2.75) is 12.2 Å². The first-order valence-corrected chi connectivity index (χ1v) is 9.09. The number of rotatable bonds is 4. The number of amides is 1. The Balaban J connectivity index is 1.43. The largest absolute Gasteiger partial charge is 0.481 e. The molecular formula is C18H18N4O6. The maximum absolute atomic E-state index is 12.9. The summed E-state index contributed by atoms with van der Waals surface area (Å²) >= 11 is 0. The first kappa shape index (κ1) is 17.1. The van der Waals surface area contributed by atoms with Crippen LogP contribution in [0.2, 0.25) is 0 Å². The molecule has 0 radical (unpaired) electrons.